The summed E-state index contributed by atoms with van der Waals surface area (Å²) >= 11 is 0. The molecule has 0 aliphatic rings. The Morgan fingerprint density at radius 3 is 2.30 bits per heavy atom. The highest BCUT2D eigenvalue weighted by atomic mass is 16.4. The van der Waals surface area contributed by atoms with E-state index in [1.807, 2.05) is 43.3 Å². The van der Waals surface area contributed by atoms with Crippen LogP contribution in [-0.4, -0.2) is 48.5 Å². The molecule has 1 aromatic carbocycles. The zero-order valence-electron chi connectivity index (χ0n) is 11.5. The monoisotopic (exact) mass is 278 g/mol. The lowest BCUT2D eigenvalue weighted by Crippen LogP contribution is -2.19. The molecule has 0 spiro atoms. The molecule has 2 N–H and O–H groups in total. The summed E-state index contributed by atoms with van der Waals surface area (Å²) in [5, 5.41) is 17.5. The van der Waals surface area contributed by atoms with Crippen LogP contribution in [0.5, 0.6) is 0 Å². The third kappa shape index (κ3) is 5.09. The maximum Gasteiger partial charge on any atom is 0.328 e. The van der Waals surface area contributed by atoms with Crippen LogP contribution >= 0.6 is 0 Å². The molecule has 1 atom stereocenters. The molecule has 1 unspecified atom stereocenters. The average Bonchev–Trinajstić information content (AvgIpc) is 2.38. The molecule has 0 saturated heterocycles. The summed E-state index contributed by atoms with van der Waals surface area (Å²) in [6.07, 6.45) is 1.23. The average molecular weight is 278 g/mol. The third-order valence-corrected chi connectivity index (χ3v) is 2.73. The highest BCUT2D eigenvalue weighted by molar-refractivity contribution is 5.84. The molecule has 1 aromatic rings. The van der Waals surface area contributed by atoms with E-state index in [0.717, 1.165) is 11.3 Å². The van der Waals surface area contributed by atoms with Gasteiger partial charge in [0.05, 0.1) is 0 Å². The van der Waals surface area contributed by atoms with Gasteiger partial charge in [-0.2, -0.15) is 0 Å². The summed E-state index contributed by atoms with van der Waals surface area (Å²) < 4.78 is 0. The maximum absolute atomic E-state index is 11.0. The Morgan fingerprint density at radius 2 is 1.85 bits per heavy atom. The van der Waals surface area contributed by atoms with Crippen molar-refractivity contribution in [3.05, 3.63) is 29.8 Å². The van der Waals surface area contributed by atoms with Gasteiger partial charge in [-0.05, 0) is 24.1 Å². The van der Waals surface area contributed by atoms with Crippen LogP contribution in [0.1, 0.15) is 18.4 Å². The van der Waals surface area contributed by atoms with Crippen LogP contribution in [-0.2, 0) is 9.59 Å². The molecule has 0 aliphatic heterocycles. The van der Waals surface area contributed by atoms with Gasteiger partial charge in [0, 0.05) is 32.4 Å². The predicted molar refractivity (Wildman–Crippen MR) is 76.7 cm³/mol. The highest BCUT2D eigenvalue weighted by Gasteiger charge is 2.16. The molecule has 6 heteroatoms. The molecular weight excluding hydrogens is 260 g/mol. The molecule has 6 nitrogen and oxygen atoms in total. The van der Waals surface area contributed by atoms with Crippen LogP contribution in [0, 0.1) is 0 Å². The first-order chi connectivity index (χ1) is 9.40. The molecule has 0 fully saturated rings. The number of rotatable bonds is 7. The Kier molecular flexibility index (Phi) is 5.71. The fourth-order valence-corrected chi connectivity index (χ4v) is 1.56. The molecule has 20 heavy (non-hydrogen) atoms. The third-order valence-electron chi connectivity index (χ3n) is 2.73. The van der Waals surface area contributed by atoms with Crippen LogP contribution < -0.4 is 4.90 Å². The number of hydrogen-bond donors (Lipinski definition) is 2. The minimum atomic E-state index is -1.12. The number of nitrogens with zero attached hydrogens (tertiary/aromatic N) is 2. The van der Waals surface area contributed by atoms with Crippen molar-refractivity contribution in [3.8, 4) is 0 Å². The molecular formula is C14H18N2O4. The van der Waals surface area contributed by atoms with Gasteiger partial charge in [0.1, 0.15) is 6.04 Å². The van der Waals surface area contributed by atoms with Crippen LogP contribution in [0.25, 0.3) is 0 Å². The van der Waals surface area contributed by atoms with Crippen molar-refractivity contribution in [2.45, 2.75) is 18.9 Å². The fraction of sp³-hybridized carbons (Fsp3) is 0.357. The van der Waals surface area contributed by atoms with E-state index in [1.165, 1.54) is 6.21 Å². The first-order valence-electron chi connectivity index (χ1n) is 6.15. The summed E-state index contributed by atoms with van der Waals surface area (Å²) in [5.74, 6) is -2.14. The van der Waals surface area contributed by atoms with E-state index in [0.29, 0.717) is 0 Å². The predicted octanol–water partition coefficient (Wildman–Crippen LogP) is 1.49. The van der Waals surface area contributed by atoms with Crippen molar-refractivity contribution in [1.29, 1.82) is 0 Å². The van der Waals surface area contributed by atoms with E-state index >= 15 is 0 Å². The molecule has 0 bridgehead atoms. The number of aliphatic carboxylic acids is 2. The number of benzene rings is 1. The molecule has 0 amide bonds. The Hall–Kier alpha value is -2.37. The molecule has 0 radical (unpaired) electrons. The summed E-state index contributed by atoms with van der Waals surface area (Å²) in [7, 11) is 3.85. The SMILES string of the molecule is CN(C)c1ccc(C=NC(CCC(=O)O)C(=O)O)cc1. The summed E-state index contributed by atoms with van der Waals surface area (Å²) in [6, 6.07) is 6.42. The quantitative estimate of drug-likeness (QED) is 0.737. The number of carboxylic acids is 2. The van der Waals surface area contributed by atoms with Gasteiger partial charge in [-0.3, -0.25) is 9.79 Å². The molecule has 1 rings (SSSR count). The normalized spacial score (nSPS) is 12.3. The van der Waals surface area contributed by atoms with Gasteiger partial charge in [-0.1, -0.05) is 12.1 Å². The van der Waals surface area contributed by atoms with Crippen molar-refractivity contribution in [2.75, 3.05) is 19.0 Å². The minimum absolute atomic E-state index is 0.0169. The van der Waals surface area contributed by atoms with Crippen molar-refractivity contribution in [3.63, 3.8) is 0 Å². The van der Waals surface area contributed by atoms with Gasteiger partial charge in [-0.25, -0.2) is 4.79 Å². The van der Waals surface area contributed by atoms with Gasteiger partial charge < -0.3 is 15.1 Å². The van der Waals surface area contributed by atoms with Crippen LogP contribution in [0.15, 0.2) is 29.3 Å². The summed E-state index contributed by atoms with van der Waals surface area (Å²) in [5.41, 5.74) is 1.81. The van der Waals surface area contributed by atoms with E-state index in [2.05, 4.69) is 4.99 Å². The van der Waals surface area contributed by atoms with Crippen molar-refractivity contribution in [2.24, 2.45) is 4.99 Å². The summed E-state index contributed by atoms with van der Waals surface area (Å²) in [6.45, 7) is 0. The lowest BCUT2D eigenvalue weighted by atomic mass is 10.1. The molecule has 108 valence electrons. The smallest absolute Gasteiger partial charge is 0.328 e. The van der Waals surface area contributed by atoms with Gasteiger partial charge in [0.15, 0.2) is 0 Å². The zero-order valence-corrected chi connectivity index (χ0v) is 11.5. The largest absolute Gasteiger partial charge is 0.481 e. The van der Waals surface area contributed by atoms with Gasteiger partial charge in [0.2, 0.25) is 0 Å². The number of aliphatic imine (C=N–C) groups is 1. The Balaban J connectivity index is 2.71. The molecule has 0 aromatic heterocycles. The number of anilines is 1. The van der Waals surface area contributed by atoms with Crippen LogP contribution in [0.4, 0.5) is 5.69 Å². The van der Waals surface area contributed by atoms with E-state index in [4.69, 9.17) is 10.2 Å². The molecule has 0 saturated carbocycles. The van der Waals surface area contributed by atoms with E-state index in [-0.39, 0.29) is 12.8 Å². The first kappa shape index (κ1) is 15.7. The highest BCUT2D eigenvalue weighted by Crippen LogP contribution is 2.11. The van der Waals surface area contributed by atoms with Gasteiger partial charge in [-0.15, -0.1) is 0 Å². The van der Waals surface area contributed by atoms with Crippen molar-refractivity contribution < 1.29 is 19.8 Å². The second kappa shape index (κ2) is 7.28. The van der Waals surface area contributed by atoms with E-state index < -0.39 is 18.0 Å². The Labute approximate surface area is 117 Å². The van der Waals surface area contributed by atoms with Gasteiger partial charge in [0.25, 0.3) is 0 Å². The van der Waals surface area contributed by atoms with Crippen LogP contribution in [0.2, 0.25) is 0 Å². The topological polar surface area (TPSA) is 90.2 Å². The fourth-order valence-electron chi connectivity index (χ4n) is 1.56. The van der Waals surface area contributed by atoms with E-state index in [1.54, 1.807) is 0 Å². The maximum atomic E-state index is 11.0. The number of carbonyl (C=O) groups is 2. The Morgan fingerprint density at radius 1 is 1.25 bits per heavy atom. The second-order valence-electron chi connectivity index (χ2n) is 4.55. The molecule has 0 heterocycles. The van der Waals surface area contributed by atoms with Crippen molar-refractivity contribution >= 4 is 23.8 Å². The zero-order chi connectivity index (χ0) is 15.1. The second-order valence-corrected chi connectivity index (χ2v) is 4.55. The number of carboxylic acid groups (broad SMARTS) is 2. The lowest BCUT2D eigenvalue weighted by Gasteiger charge is -2.11. The lowest BCUT2D eigenvalue weighted by molar-refractivity contribution is -0.139. The summed E-state index contributed by atoms with van der Waals surface area (Å²) in [4.78, 5) is 27.3. The van der Waals surface area contributed by atoms with Crippen LogP contribution in [0.3, 0.4) is 0 Å². The van der Waals surface area contributed by atoms with Crippen molar-refractivity contribution in [1.82, 2.24) is 0 Å². The number of hydrogen-bond acceptors (Lipinski definition) is 4. The van der Waals surface area contributed by atoms with E-state index in [9.17, 15) is 9.59 Å². The van der Waals surface area contributed by atoms with Gasteiger partial charge >= 0.3 is 11.9 Å². The Bertz CT molecular complexity index is 494. The standard InChI is InChI=1S/C14H18N2O4/c1-16(2)11-5-3-10(4-6-11)9-15-12(14(19)20)7-8-13(17)18/h3-6,9,12H,7-8H2,1-2H3,(H,17,18)(H,19,20). The first-order valence-corrected chi connectivity index (χ1v) is 6.15. The minimum Gasteiger partial charge on any atom is -0.481 e. The molecule has 0 aliphatic carbocycles.